The van der Waals surface area contributed by atoms with E-state index in [1.165, 1.54) is 0 Å². The van der Waals surface area contributed by atoms with Crippen molar-refractivity contribution in [2.24, 2.45) is 0 Å². The lowest BCUT2D eigenvalue weighted by Gasteiger charge is -2.16. The zero-order valence-electron chi connectivity index (χ0n) is 10.9. The summed E-state index contributed by atoms with van der Waals surface area (Å²) in [7, 11) is 1.56. The summed E-state index contributed by atoms with van der Waals surface area (Å²) in [5.41, 5.74) is 1.37. The van der Waals surface area contributed by atoms with Crippen LogP contribution in [0.3, 0.4) is 0 Å². The van der Waals surface area contributed by atoms with Gasteiger partial charge >= 0.3 is 0 Å². The normalized spacial score (nSPS) is 11.7. The Hall–Kier alpha value is -2.36. The molecular formula is C15H15NO3. The fourth-order valence-electron chi connectivity index (χ4n) is 1.73. The van der Waals surface area contributed by atoms with Gasteiger partial charge < -0.3 is 9.47 Å². The van der Waals surface area contributed by atoms with E-state index in [1.807, 2.05) is 25.1 Å². The number of methoxy groups -OCH3 is 1. The Morgan fingerprint density at radius 3 is 2.68 bits per heavy atom. The van der Waals surface area contributed by atoms with E-state index in [0.29, 0.717) is 17.1 Å². The van der Waals surface area contributed by atoms with E-state index < -0.39 is 0 Å². The highest BCUT2D eigenvalue weighted by Crippen LogP contribution is 2.31. The summed E-state index contributed by atoms with van der Waals surface area (Å²) in [6.07, 6.45) is 2.27. The molecule has 1 unspecified atom stereocenters. The number of ether oxygens (including phenoxy) is 2. The van der Waals surface area contributed by atoms with Crippen molar-refractivity contribution in [2.75, 3.05) is 7.11 Å². The fraction of sp³-hybridized carbons (Fsp3) is 0.200. The number of carbonyl (C=O) groups excluding carboxylic acids is 1. The molecule has 98 valence electrons. The van der Waals surface area contributed by atoms with Crippen LogP contribution in [0.5, 0.6) is 11.5 Å². The van der Waals surface area contributed by atoms with Crippen LogP contribution in [0, 0.1) is 0 Å². The van der Waals surface area contributed by atoms with Crippen LogP contribution in [0.15, 0.2) is 42.6 Å². The third-order valence-electron chi connectivity index (χ3n) is 2.73. The molecule has 0 radical (unpaired) electrons. The first kappa shape index (κ1) is 13.1. The minimum absolute atomic E-state index is 0.225. The third kappa shape index (κ3) is 3.10. The number of carbonyl (C=O) groups is 1. The third-order valence-corrected chi connectivity index (χ3v) is 2.73. The molecule has 1 atom stereocenters. The largest absolute Gasteiger partial charge is 0.493 e. The summed E-state index contributed by atoms with van der Waals surface area (Å²) in [6.45, 7) is 1.90. The molecule has 4 nitrogen and oxygen atoms in total. The van der Waals surface area contributed by atoms with E-state index >= 15 is 0 Å². The number of aromatic nitrogens is 1. The van der Waals surface area contributed by atoms with Crippen molar-refractivity contribution >= 4 is 6.29 Å². The summed E-state index contributed by atoms with van der Waals surface area (Å²) < 4.78 is 11.0. The summed E-state index contributed by atoms with van der Waals surface area (Å²) in [5.74, 6) is 1.12. The van der Waals surface area contributed by atoms with Crippen molar-refractivity contribution in [3.05, 3.63) is 53.9 Å². The molecule has 0 N–H and O–H groups in total. The van der Waals surface area contributed by atoms with E-state index in [4.69, 9.17) is 9.47 Å². The highest BCUT2D eigenvalue weighted by atomic mass is 16.5. The van der Waals surface area contributed by atoms with Gasteiger partial charge in [0.1, 0.15) is 12.4 Å². The molecule has 2 rings (SSSR count). The summed E-state index contributed by atoms with van der Waals surface area (Å²) in [4.78, 5) is 15.0. The molecule has 4 heteroatoms. The maximum Gasteiger partial charge on any atom is 0.162 e. The molecule has 0 bridgehead atoms. The highest BCUT2D eigenvalue weighted by Gasteiger charge is 2.12. The number of aldehydes is 1. The van der Waals surface area contributed by atoms with Gasteiger partial charge in [-0.15, -0.1) is 0 Å². The molecule has 1 heterocycles. The van der Waals surface area contributed by atoms with Crippen LogP contribution in [0.4, 0.5) is 0 Å². The van der Waals surface area contributed by atoms with Crippen molar-refractivity contribution in [1.29, 1.82) is 0 Å². The molecule has 2 aromatic rings. The summed E-state index contributed by atoms with van der Waals surface area (Å²) in [5, 5.41) is 0. The van der Waals surface area contributed by atoms with Crippen LogP contribution in [0.25, 0.3) is 0 Å². The summed E-state index contributed by atoms with van der Waals surface area (Å²) in [6, 6.07) is 10.7. The Morgan fingerprint density at radius 1 is 1.21 bits per heavy atom. The van der Waals surface area contributed by atoms with Crippen molar-refractivity contribution in [3.63, 3.8) is 0 Å². The van der Waals surface area contributed by atoms with Crippen LogP contribution in [0.1, 0.15) is 29.1 Å². The predicted octanol–water partition coefficient (Wildman–Crippen LogP) is 3.04. The fourth-order valence-corrected chi connectivity index (χ4v) is 1.73. The van der Waals surface area contributed by atoms with Crippen LogP contribution in [-0.2, 0) is 0 Å². The molecule has 0 spiro atoms. The molecule has 0 fully saturated rings. The summed E-state index contributed by atoms with van der Waals surface area (Å²) >= 11 is 0. The van der Waals surface area contributed by atoms with Gasteiger partial charge in [-0.1, -0.05) is 6.07 Å². The van der Waals surface area contributed by atoms with E-state index in [-0.39, 0.29) is 6.10 Å². The van der Waals surface area contributed by atoms with Gasteiger partial charge in [0.25, 0.3) is 0 Å². The number of nitrogens with zero attached hydrogens (tertiary/aromatic N) is 1. The predicted molar refractivity (Wildman–Crippen MR) is 71.7 cm³/mol. The highest BCUT2D eigenvalue weighted by molar-refractivity contribution is 5.76. The molecule has 0 saturated carbocycles. The second-order valence-corrected chi connectivity index (χ2v) is 4.04. The maximum atomic E-state index is 10.8. The van der Waals surface area contributed by atoms with Crippen LogP contribution in [-0.4, -0.2) is 18.4 Å². The molecule has 0 amide bonds. The second-order valence-electron chi connectivity index (χ2n) is 4.04. The van der Waals surface area contributed by atoms with Gasteiger partial charge in [0.15, 0.2) is 11.5 Å². The van der Waals surface area contributed by atoms with E-state index in [1.54, 1.807) is 31.5 Å². The maximum absolute atomic E-state index is 10.8. The Balaban J connectivity index is 2.24. The molecule has 0 aliphatic carbocycles. The lowest BCUT2D eigenvalue weighted by Crippen LogP contribution is -2.06. The number of pyridine rings is 1. The minimum atomic E-state index is -0.225. The van der Waals surface area contributed by atoms with E-state index in [2.05, 4.69) is 4.98 Å². The van der Waals surface area contributed by atoms with Gasteiger partial charge in [0, 0.05) is 11.8 Å². The zero-order chi connectivity index (χ0) is 13.7. The van der Waals surface area contributed by atoms with Crippen LogP contribution in [0.2, 0.25) is 0 Å². The van der Waals surface area contributed by atoms with Crippen molar-refractivity contribution in [3.8, 4) is 11.5 Å². The van der Waals surface area contributed by atoms with Gasteiger partial charge in [-0.3, -0.25) is 9.78 Å². The first-order valence-corrected chi connectivity index (χ1v) is 5.95. The molecule has 1 aromatic heterocycles. The lowest BCUT2D eigenvalue weighted by atomic mass is 10.2. The first-order valence-electron chi connectivity index (χ1n) is 5.95. The molecule has 0 aliphatic heterocycles. The van der Waals surface area contributed by atoms with Gasteiger partial charge in [0.2, 0.25) is 0 Å². The van der Waals surface area contributed by atoms with E-state index in [9.17, 15) is 4.79 Å². The molecule has 0 aliphatic rings. The van der Waals surface area contributed by atoms with Gasteiger partial charge in [-0.25, -0.2) is 0 Å². The number of rotatable bonds is 5. The van der Waals surface area contributed by atoms with Crippen molar-refractivity contribution in [1.82, 2.24) is 4.98 Å². The Labute approximate surface area is 112 Å². The van der Waals surface area contributed by atoms with Gasteiger partial charge in [0.05, 0.1) is 12.8 Å². The van der Waals surface area contributed by atoms with Gasteiger partial charge in [-0.05, 0) is 37.3 Å². The van der Waals surface area contributed by atoms with Crippen LogP contribution < -0.4 is 9.47 Å². The second kappa shape index (κ2) is 6.00. The number of benzene rings is 1. The number of hydrogen-bond donors (Lipinski definition) is 0. The van der Waals surface area contributed by atoms with E-state index in [0.717, 1.165) is 12.0 Å². The minimum Gasteiger partial charge on any atom is -0.493 e. The molecule has 1 aromatic carbocycles. The zero-order valence-corrected chi connectivity index (χ0v) is 10.9. The van der Waals surface area contributed by atoms with Crippen molar-refractivity contribution in [2.45, 2.75) is 13.0 Å². The van der Waals surface area contributed by atoms with Crippen molar-refractivity contribution < 1.29 is 14.3 Å². The molecule has 0 saturated heterocycles. The first-order chi connectivity index (χ1) is 9.24. The quantitative estimate of drug-likeness (QED) is 0.772. The Morgan fingerprint density at radius 2 is 2.05 bits per heavy atom. The van der Waals surface area contributed by atoms with Gasteiger partial charge in [-0.2, -0.15) is 0 Å². The Kier molecular flexibility index (Phi) is 4.13. The lowest BCUT2D eigenvalue weighted by molar-refractivity contribution is 0.112. The average molecular weight is 257 g/mol. The molecular weight excluding hydrogens is 242 g/mol. The molecule has 19 heavy (non-hydrogen) atoms. The monoisotopic (exact) mass is 257 g/mol. The van der Waals surface area contributed by atoms with Crippen LogP contribution >= 0.6 is 0 Å². The number of hydrogen-bond acceptors (Lipinski definition) is 4. The topological polar surface area (TPSA) is 48.4 Å². The Bertz CT molecular complexity index is 555. The average Bonchev–Trinajstić information content (AvgIpc) is 2.48. The smallest absolute Gasteiger partial charge is 0.162 e. The SMILES string of the molecule is COc1ccc(C=O)cc1OC(C)c1ccccn1. The standard InChI is InChI=1S/C15H15NO3/c1-11(13-5-3-4-8-16-13)19-15-9-12(10-17)6-7-14(15)18-2/h3-11H,1-2H3.